The second-order valence-corrected chi connectivity index (χ2v) is 7.96. The van der Waals surface area contributed by atoms with Gasteiger partial charge in [0, 0.05) is 29.6 Å². The molecule has 1 heterocycles. The normalized spacial score (nSPS) is 15.8. The molecule has 1 fully saturated rings. The number of methoxy groups -OCH3 is 1. The van der Waals surface area contributed by atoms with E-state index in [1.165, 1.54) is 6.92 Å². The molecule has 30 heavy (non-hydrogen) atoms. The maximum atomic E-state index is 12.8. The summed E-state index contributed by atoms with van der Waals surface area (Å²) in [6.07, 6.45) is 3.88. The van der Waals surface area contributed by atoms with Crippen molar-refractivity contribution in [1.82, 2.24) is 4.90 Å². The fourth-order valence-electron chi connectivity index (χ4n) is 3.85. The minimum absolute atomic E-state index is 0.0256. The Kier molecular flexibility index (Phi) is 7.75. The van der Waals surface area contributed by atoms with Gasteiger partial charge in [0.15, 0.2) is 17.3 Å². The Bertz CT molecular complexity index is 899. The Morgan fingerprint density at radius 2 is 1.97 bits per heavy atom. The van der Waals surface area contributed by atoms with E-state index in [0.717, 1.165) is 36.4 Å². The van der Waals surface area contributed by atoms with Crippen molar-refractivity contribution in [3.63, 3.8) is 0 Å². The van der Waals surface area contributed by atoms with Gasteiger partial charge in [0.25, 0.3) is 0 Å². The van der Waals surface area contributed by atoms with Crippen LogP contribution in [0.15, 0.2) is 42.5 Å². The highest BCUT2D eigenvalue weighted by molar-refractivity contribution is 6.31. The molecule has 1 amide bonds. The zero-order valence-corrected chi connectivity index (χ0v) is 18.3. The molecule has 3 rings (SSSR count). The summed E-state index contributed by atoms with van der Waals surface area (Å²) in [6.45, 7) is 2.72. The van der Waals surface area contributed by atoms with E-state index in [2.05, 4.69) is 0 Å². The fourth-order valence-corrected chi connectivity index (χ4v) is 4.06. The lowest BCUT2D eigenvalue weighted by Gasteiger charge is -2.25. The third kappa shape index (κ3) is 5.54. The van der Waals surface area contributed by atoms with Crippen LogP contribution in [-0.2, 0) is 11.2 Å². The third-order valence-electron chi connectivity index (χ3n) is 5.47. The van der Waals surface area contributed by atoms with Gasteiger partial charge >= 0.3 is 0 Å². The number of ketones is 1. The van der Waals surface area contributed by atoms with Crippen LogP contribution in [0.5, 0.6) is 11.5 Å². The molecule has 5 nitrogen and oxygen atoms in total. The standard InChI is InChI=1S/C24H28ClNO4/c1-17(27)18-11-12-22(23(16-18)29-2)30-14-6-10-24(28)26-13-5-8-20(26)15-19-7-3-4-9-21(19)25/h3-4,7,9,11-12,16,20H,5-6,8,10,13-15H2,1-2H3. The van der Waals surface area contributed by atoms with E-state index in [-0.39, 0.29) is 17.7 Å². The van der Waals surface area contributed by atoms with Crippen molar-refractivity contribution in [2.45, 2.75) is 45.1 Å². The number of halogens is 1. The average Bonchev–Trinajstić information content (AvgIpc) is 3.21. The molecule has 1 aliphatic rings. The molecule has 0 aromatic heterocycles. The Morgan fingerprint density at radius 3 is 2.70 bits per heavy atom. The number of likely N-dealkylation sites (tertiary alicyclic amines) is 1. The Morgan fingerprint density at radius 1 is 1.17 bits per heavy atom. The third-order valence-corrected chi connectivity index (χ3v) is 5.84. The summed E-state index contributed by atoms with van der Waals surface area (Å²) in [6, 6.07) is 13.2. The predicted molar refractivity (Wildman–Crippen MR) is 118 cm³/mol. The molecular weight excluding hydrogens is 402 g/mol. The van der Waals surface area contributed by atoms with Crippen molar-refractivity contribution in [2.24, 2.45) is 0 Å². The van der Waals surface area contributed by atoms with E-state index < -0.39 is 0 Å². The minimum atomic E-state index is -0.0256. The van der Waals surface area contributed by atoms with E-state index in [4.69, 9.17) is 21.1 Å². The number of Topliss-reactive ketones (excluding diaryl/α,β-unsaturated/α-hetero) is 1. The molecule has 1 unspecified atom stereocenters. The summed E-state index contributed by atoms with van der Waals surface area (Å²) in [7, 11) is 1.54. The molecule has 2 aromatic carbocycles. The van der Waals surface area contributed by atoms with Crippen LogP contribution in [0.3, 0.4) is 0 Å². The van der Waals surface area contributed by atoms with Gasteiger partial charge in [-0.25, -0.2) is 0 Å². The highest BCUT2D eigenvalue weighted by Crippen LogP contribution is 2.29. The van der Waals surface area contributed by atoms with Gasteiger partial charge in [-0.1, -0.05) is 29.8 Å². The van der Waals surface area contributed by atoms with Crippen LogP contribution in [0, 0.1) is 0 Å². The van der Waals surface area contributed by atoms with Gasteiger partial charge in [0.05, 0.1) is 13.7 Å². The molecule has 0 saturated carbocycles. The zero-order valence-electron chi connectivity index (χ0n) is 17.5. The second kappa shape index (κ2) is 10.5. The molecule has 2 aromatic rings. The molecule has 160 valence electrons. The van der Waals surface area contributed by atoms with Crippen LogP contribution in [0.4, 0.5) is 0 Å². The quantitative estimate of drug-likeness (QED) is 0.418. The number of nitrogens with zero attached hydrogens (tertiary/aromatic N) is 1. The van der Waals surface area contributed by atoms with Crippen LogP contribution < -0.4 is 9.47 Å². The summed E-state index contributed by atoms with van der Waals surface area (Å²) in [5.74, 6) is 1.23. The van der Waals surface area contributed by atoms with E-state index >= 15 is 0 Å². The van der Waals surface area contributed by atoms with E-state index in [0.29, 0.717) is 36.5 Å². The van der Waals surface area contributed by atoms with Gasteiger partial charge in [-0.3, -0.25) is 9.59 Å². The first kappa shape index (κ1) is 22.2. The molecule has 0 bridgehead atoms. The lowest BCUT2D eigenvalue weighted by Crippen LogP contribution is -2.36. The molecule has 1 saturated heterocycles. The number of hydrogen-bond donors (Lipinski definition) is 0. The molecule has 1 aliphatic heterocycles. The Labute approximate surface area is 182 Å². The highest BCUT2D eigenvalue weighted by atomic mass is 35.5. The number of amides is 1. The molecule has 0 N–H and O–H groups in total. The van der Waals surface area contributed by atoms with Crippen molar-refractivity contribution in [3.8, 4) is 11.5 Å². The number of ether oxygens (including phenoxy) is 2. The second-order valence-electron chi connectivity index (χ2n) is 7.55. The smallest absolute Gasteiger partial charge is 0.222 e. The van der Waals surface area contributed by atoms with E-state index in [1.807, 2.05) is 29.2 Å². The van der Waals surface area contributed by atoms with Crippen molar-refractivity contribution in [3.05, 3.63) is 58.6 Å². The number of rotatable bonds is 9. The maximum Gasteiger partial charge on any atom is 0.222 e. The Hall–Kier alpha value is -2.53. The number of benzene rings is 2. The van der Waals surface area contributed by atoms with Crippen molar-refractivity contribution >= 4 is 23.3 Å². The lowest BCUT2D eigenvalue weighted by molar-refractivity contribution is -0.132. The fraction of sp³-hybridized carbons (Fsp3) is 0.417. The summed E-state index contributed by atoms with van der Waals surface area (Å²) in [5, 5.41) is 0.759. The summed E-state index contributed by atoms with van der Waals surface area (Å²) < 4.78 is 11.1. The van der Waals surface area contributed by atoms with Crippen molar-refractivity contribution in [2.75, 3.05) is 20.3 Å². The van der Waals surface area contributed by atoms with Crippen LogP contribution in [0.2, 0.25) is 5.02 Å². The summed E-state index contributed by atoms with van der Waals surface area (Å²) >= 11 is 6.29. The van der Waals surface area contributed by atoms with Gasteiger partial charge in [-0.05, 0) is 62.4 Å². The van der Waals surface area contributed by atoms with Crippen LogP contribution in [0.25, 0.3) is 0 Å². The molecular formula is C24H28ClNO4. The van der Waals surface area contributed by atoms with Crippen LogP contribution in [0.1, 0.15) is 48.5 Å². The van der Waals surface area contributed by atoms with Gasteiger partial charge in [-0.2, -0.15) is 0 Å². The summed E-state index contributed by atoms with van der Waals surface area (Å²) in [4.78, 5) is 26.3. The average molecular weight is 430 g/mol. The number of carbonyl (C=O) groups is 2. The molecule has 1 atom stereocenters. The first-order chi connectivity index (χ1) is 14.5. The molecule has 0 spiro atoms. The predicted octanol–water partition coefficient (Wildman–Crippen LogP) is 4.94. The number of carbonyl (C=O) groups excluding carboxylic acids is 2. The highest BCUT2D eigenvalue weighted by Gasteiger charge is 2.28. The first-order valence-corrected chi connectivity index (χ1v) is 10.7. The van der Waals surface area contributed by atoms with Crippen LogP contribution in [-0.4, -0.2) is 42.9 Å². The van der Waals surface area contributed by atoms with Crippen LogP contribution >= 0.6 is 11.6 Å². The van der Waals surface area contributed by atoms with Gasteiger partial charge in [0.2, 0.25) is 5.91 Å². The van der Waals surface area contributed by atoms with Gasteiger partial charge in [-0.15, -0.1) is 0 Å². The van der Waals surface area contributed by atoms with Crippen molar-refractivity contribution < 1.29 is 19.1 Å². The van der Waals surface area contributed by atoms with Gasteiger partial charge in [0.1, 0.15) is 0 Å². The number of hydrogen-bond acceptors (Lipinski definition) is 4. The summed E-state index contributed by atoms with van der Waals surface area (Å²) in [5.41, 5.74) is 1.67. The van der Waals surface area contributed by atoms with Crippen molar-refractivity contribution in [1.29, 1.82) is 0 Å². The Balaban J connectivity index is 1.49. The zero-order chi connectivity index (χ0) is 21.5. The largest absolute Gasteiger partial charge is 0.493 e. The molecule has 0 aliphatic carbocycles. The lowest BCUT2D eigenvalue weighted by atomic mass is 10.0. The minimum Gasteiger partial charge on any atom is -0.493 e. The monoisotopic (exact) mass is 429 g/mol. The van der Waals surface area contributed by atoms with Gasteiger partial charge < -0.3 is 14.4 Å². The first-order valence-electron chi connectivity index (χ1n) is 10.3. The molecule has 6 heteroatoms. The molecule has 0 radical (unpaired) electrons. The van der Waals surface area contributed by atoms with E-state index in [1.54, 1.807) is 25.3 Å². The maximum absolute atomic E-state index is 12.8. The SMILES string of the molecule is COc1cc(C(C)=O)ccc1OCCCC(=O)N1CCCC1Cc1ccccc1Cl. The topological polar surface area (TPSA) is 55.8 Å². The van der Waals surface area contributed by atoms with E-state index in [9.17, 15) is 9.59 Å².